The molecule has 1 amide bonds. The van der Waals surface area contributed by atoms with Crippen LogP contribution in [0.4, 0.5) is 0 Å². The van der Waals surface area contributed by atoms with E-state index in [1.54, 1.807) is 0 Å². The van der Waals surface area contributed by atoms with Gasteiger partial charge in [0.1, 0.15) is 0 Å². The molecule has 0 aromatic heterocycles. The van der Waals surface area contributed by atoms with Crippen LogP contribution in [0.5, 0.6) is 0 Å². The van der Waals surface area contributed by atoms with Gasteiger partial charge in [-0.1, -0.05) is 43.3 Å². The van der Waals surface area contributed by atoms with Crippen LogP contribution in [0.3, 0.4) is 0 Å². The van der Waals surface area contributed by atoms with Crippen molar-refractivity contribution in [3.8, 4) is 0 Å². The average Bonchev–Trinajstić information content (AvgIpc) is 2.58. The van der Waals surface area contributed by atoms with Crippen molar-refractivity contribution in [1.82, 2.24) is 10.2 Å². The molecule has 124 valence electrons. The van der Waals surface area contributed by atoms with Crippen molar-refractivity contribution in [2.75, 3.05) is 19.7 Å². The summed E-state index contributed by atoms with van der Waals surface area (Å²) in [5.41, 5.74) is 1.09. The van der Waals surface area contributed by atoms with E-state index in [2.05, 4.69) is 35.6 Å². The van der Waals surface area contributed by atoms with Crippen LogP contribution in [-0.2, 0) is 4.79 Å². The Balaban J connectivity index is 2.07. The van der Waals surface area contributed by atoms with Crippen LogP contribution in [0, 0.1) is 0 Å². The second kappa shape index (κ2) is 8.09. The molecule has 2 unspecified atom stereocenters. The maximum Gasteiger partial charge on any atom is 0.237 e. The molecule has 0 bridgehead atoms. The molecule has 0 saturated heterocycles. The number of nitrogens with one attached hydrogen (secondary N) is 1. The maximum absolute atomic E-state index is 12.4. The van der Waals surface area contributed by atoms with E-state index >= 15 is 0 Å². The molecule has 0 aliphatic carbocycles. The zero-order valence-electron chi connectivity index (χ0n) is 14.1. The SMILES string of the molecule is CCN(CCO)C(C)C(=O)NC(C)c1ccc2ccccc2c1. The predicted molar refractivity (Wildman–Crippen MR) is 94.3 cm³/mol. The average molecular weight is 314 g/mol. The molecule has 2 aromatic rings. The van der Waals surface area contributed by atoms with Crippen LogP contribution in [0.25, 0.3) is 10.8 Å². The number of rotatable bonds is 7. The Kier molecular flexibility index (Phi) is 6.13. The minimum atomic E-state index is -0.255. The number of benzene rings is 2. The fraction of sp³-hybridized carbons (Fsp3) is 0.421. The molecule has 0 fully saturated rings. The number of amides is 1. The summed E-state index contributed by atoms with van der Waals surface area (Å²) in [4.78, 5) is 14.4. The lowest BCUT2D eigenvalue weighted by Crippen LogP contribution is -2.46. The molecular formula is C19H26N2O2. The molecule has 0 aliphatic rings. The number of aliphatic hydroxyl groups excluding tert-OH is 1. The van der Waals surface area contributed by atoms with Gasteiger partial charge in [0.25, 0.3) is 0 Å². The van der Waals surface area contributed by atoms with Crippen LogP contribution in [0.2, 0.25) is 0 Å². The summed E-state index contributed by atoms with van der Waals surface area (Å²) in [5, 5.41) is 14.5. The van der Waals surface area contributed by atoms with Gasteiger partial charge in [-0.25, -0.2) is 0 Å². The van der Waals surface area contributed by atoms with Crippen molar-refractivity contribution >= 4 is 16.7 Å². The van der Waals surface area contributed by atoms with Crippen LogP contribution in [-0.4, -0.2) is 41.7 Å². The van der Waals surface area contributed by atoms with Gasteiger partial charge >= 0.3 is 0 Å². The van der Waals surface area contributed by atoms with Gasteiger partial charge in [0, 0.05) is 6.54 Å². The number of fused-ring (bicyclic) bond motifs is 1. The Bertz CT molecular complexity index is 657. The van der Waals surface area contributed by atoms with E-state index < -0.39 is 0 Å². The van der Waals surface area contributed by atoms with Crippen molar-refractivity contribution < 1.29 is 9.90 Å². The Morgan fingerprint density at radius 2 is 1.87 bits per heavy atom. The molecule has 2 rings (SSSR count). The van der Waals surface area contributed by atoms with Gasteiger partial charge in [-0.3, -0.25) is 9.69 Å². The van der Waals surface area contributed by atoms with Gasteiger partial charge in [-0.05, 0) is 42.8 Å². The quantitative estimate of drug-likeness (QED) is 0.826. The molecule has 0 aliphatic heterocycles. The first-order chi connectivity index (χ1) is 11.1. The smallest absolute Gasteiger partial charge is 0.237 e. The first-order valence-corrected chi connectivity index (χ1v) is 8.20. The van der Waals surface area contributed by atoms with Crippen LogP contribution >= 0.6 is 0 Å². The Labute approximate surface area is 138 Å². The third-order valence-electron chi connectivity index (χ3n) is 4.35. The molecule has 4 heteroatoms. The minimum Gasteiger partial charge on any atom is -0.395 e. The molecule has 0 heterocycles. The summed E-state index contributed by atoms with van der Waals surface area (Å²) in [6.07, 6.45) is 0. The number of hydrogen-bond donors (Lipinski definition) is 2. The van der Waals surface area contributed by atoms with Gasteiger partial charge in [-0.15, -0.1) is 0 Å². The summed E-state index contributed by atoms with van der Waals surface area (Å²) < 4.78 is 0. The minimum absolute atomic E-state index is 0.0130. The molecule has 0 radical (unpaired) electrons. The van der Waals surface area contributed by atoms with Crippen LogP contribution < -0.4 is 5.32 Å². The fourth-order valence-electron chi connectivity index (χ4n) is 2.81. The molecule has 23 heavy (non-hydrogen) atoms. The maximum atomic E-state index is 12.4. The van der Waals surface area contributed by atoms with E-state index in [9.17, 15) is 4.79 Å². The third-order valence-corrected chi connectivity index (χ3v) is 4.35. The van der Waals surface area contributed by atoms with Gasteiger partial charge in [0.2, 0.25) is 5.91 Å². The van der Waals surface area contributed by atoms with Gasteiger partial charge in [0.05, 0.1) is 18.7 Å². The zero-order valence-corrected chi connectivity index (χ0v) is 14.1. The predicted octanol–water partition coefficient (Wildman–Crippen LogP) is 2.72. The van der Waals surface area contributed by atoms with Crippen molar-refractivity contribution in [2.45, 2.75) is 32.9 Å². The lowest BCUT2D eigenvalue weighted by Gasteiger charge is -2.27. The van der Waals surface area contributed by atoms with Crippen LogP contribution in [0.15, 0.2) is 42.5 Å². The lowest BCUT2D eigenvalue weighted by molar-refractivity contribution is -0.126. The van der Waals surface area contributed by atoms with Crippen molar-refractivity contribution in [2.24, 2.45) is 0 Å². The second-order valence-electron chi connectivity index (χ2n) is 5.87. The van der Waals surface area contributed by atoms with E-state index in [1.165, 1.54) is 10.8 Å². The monoisotopic (exact) mass is 314 g/mol. The summed E-state index contributed by atoms with van der Waals surface area (Å²) >= 11 is 0. The van der Waals surface area contributed by atoms with E-state index in [0.29, 0.717) is 6.54 Å². The number of aliphatic hydroxyl groups is 1. The van der Waals surface area contributed by atoms with Crippen LogP contribution in [0.1, 0.15) is 32.4 Å². The summed E-state index contributed by atoms with van der Waals surface area (Å²) in [6.45, 7) is 7.17. The summed E-state index contributed by atoms with van der Waals surface area (Å²) in [6, 6.07) is 14.2. The topological polar surface area (TPSA) is 52.6 Å². The summed E-state index contributed by atoms with van der Waals surface area (Å²) in [7, 11) is 0. The Morgan fingerprint density at radius 3 is 2.52 bits per heavy atom. The number of carbonyl (C=O) groups excluding carboxylic acids is 1. The van der Waals surface area contributed by atoms with E-state index in [1.807, 2.05) is 37.8 Å². The van der Waals surface area contributed by atoms with Crippen molar-refractivity contribution in [3.05, 3.63) is 48.0 Å². The number of carbonyl (C=O) groups is 1. The first kappa shape index (κ1) is 17.4. The molecular weight excluding hydrogens is 288 g/mol. The summed E-state index contributed by atoms with van der Waals surface area (Å²) in [5.74, 6) is -0.0130. The third kappa shape index (κ3) is 4.30. The molecule has 2 N–H and O–H groups in total. The van der Waals surface area contributed by atoms with Crippen molar-refractivity contribution in [3.63, 3.8) is 0 Å². The second-order valence-corrected chi connectivity index (χ2v) is 5.87. The molecule has 4 nitrogen and oxygen atoms in total. The molecule has 2 atom stereocenters. The first-order valence-electron chi connectivity index (χ1n) is 8.20. The highest BCUT2D eigenvalue weighted by Gasteiger charge is 2.21. The van der Waals surface area contributed by atoms with E-state index in [0.717, 1.165) is 12.1 Å². The standard InChI is InChI=1S/C19H26N2O2/c1-4-21(11-12-22)15(3)19(23)20-14(2)17-10-9-16-7-5-6-8-18(16)13-17/h5-10,13-15,22H,4,11-12H2,1-3H3,(H,20,23). The number of nitrogens with zero attached hydrogens (tertiary/aromatic N) is 1. The van der Waals surface area contributed by atoms with Gasteiger partial charge in [-0.2, -0.15) is 0 Å². The Morgan fingerprint density at radius 1 is 1.17 bits per heavy atom. The lowest BCUT2D eigenvalue weighted by atomic mass is 10.0. The number of likely N-dealkylation sites (N-methyl/N-ethyl adjacent to an activating group) is 1. The van der Waals surface area contributed by atoms with Gasteiger partial charge < -0.3 is 10.4 Å². The largest absolute Gasteiger partial charge is 0.395 e. The van der Waals surface area contributed by atoms with E-state index in [-0.39, 0.29) is 24.6 Å². The fourth-order valence-corrected chi connectivity index (χ4v) is 2.81. The normalized spacial score (nSPS) is 14.0. The van der Waals surface area contributed by atoms with Crippen molar-refractivity contribution in [1.29, 1.82) is 0 Å². The molecule has 2 aromatic carbocycles. The van der Waals surface area contributed by atoms with Gasteiger partial charge in [0.15, 0.2) is 0 Å². The highest BCUT2D eigenvalue weighted by molar-refractivity contribution is 5.84. The highest BCUT2D eigenvalue weighted by Crippen LogP contribution is 2.20. The Hall–Kier alpha value is -1.91. The van der Waals surface area contributed by atoms with E-state index in [4.69, 9.17) is 5.11 Å². The highest BCUT2D eigenvalue weighted by atomic mass is 16.3. The molecule has 0 saturated carbocycles. The zero-order chi connectivity index (χ0) is 16.8. The number of hydrogen-bond acceptors (Lipinski definition) is 3. The molecule has 0 spiro atoms.